The molecule has 0 aromatic heterocycles. The van der Waals surface area contributed by atoms with Crippen LogP contribution in [0.5, 0.6) is 0 Å². The van der Waals surface area contributed by atoms with Gasteiger partial charge in [0, 0.05) is 0 Å². The summed E-state index contributed by atoms with van der Waals surface area (Å²) in [6, 6.07) is 0. The Bertz CT molecular complexity index is 8.00. The van der Waals surface area contributed by atoms with E-state index in [9.17, 15) is 0 Å². The zero-order valence-electron chi connectivity index (χ0n) is 0.707. The zero-order valence-corrected chi connectivity index (χ0v) is 4.74. The Hall–Kier alpha value is 3.94. The van der Waals surface area contributed by atoms with Crippen LogP contribution in [0.4, 0.5) is 0 Å². The Kier molecular flexibility index (Phi) is 97.1. The van der Waals surface area contributed by atoms with Crippen LogP contribution in [0.25, 0.3) is 0 Å². The molecular formula is H9GaInKSn. The first-order valence-corrected chi connectivity index (χ1v) is 0. The minimum absolute atomic E-state index is 0. The summed E-state index contributed by atoms with van der Waals surface area (Å²) in [4.78, 5) is 0. The van der Waals surface area contributed by atoms with Gasteiger partial charge in [-0.25, -0.2) is 0 Å². The van der Waals surface area contributed by atoms with Crippen molar-refractivity contribution in [3.05, 3.63) is 0 Å². The van der Waals surface area contributed by atoms with Crippen LogP contribution >= 0.6 is 0 Å². The van der Waals surface area contributed by atoms with Crippen molar-refractivity contribution in [1.82, 2.24) is 0 Å². The number of hydrogen-bond donors (Lipinski definition) is 0. The SMILES string of the molecule is [GaH3].[InH3].[KH].[SnH2]. The monoisotopic (exact) mass is 352 g/mol. The Morgan fingerprint density at radius 1 is 1.00 bits per heavy atom. The molecule has 0 unspecified atom stereocenters. The molecule has 0 bridgehead atoms. The molecule has 2 radical (unpaired) electrons. The Balaban J connectivity index is 0. The summed E-state index contributed by atoms with van der Waals surface area (Å²) in [5, 5.41) is 0. The normalized spacial score (nSPS) is 0. The minimum atomic E-state index is 0. The van der Waals surface area contributed by atoms with Crippen molar-refractivity contribution in [2.24, 2.45) is 0 Å². The van der Waals surface area contributed by atoms with Crippen LogP contribution in [0.3, 0.4) is 0 Å². The van der Waals surface area contributed by atoms with Crippen LogP contribution in [0.15, 0.2) is 0 Å². The van der Waals surface area contributed by atoms with Crippen LogP contribution in [0.1, 0.15) is 0 Å². The van der Waals surface area contributed by atoms with E-state index in [1.165, 1.54) is 0 Å². The average molecular weight is 351 g/mol. The summed E-state index contributed by atoms with van der Waals surface area (Å²) in [7, 11) is 0. The predicted molar refractivity (Wildman–Crippen MR) is 35.6 cm³/mol. The maximum absolute atomic E-state index is 0. The quantitative estimate of drug-likeness (QED) is 0.391. The van der Waals surface area contributed by atoms with Gasteiger partial charge in [0.2, 0.25) is 0 Å². The van der Waals surface area contributed by atoms with Gasteiger partial charge < -0.3 is 0 Å². The molecule has 0 saturated carbocycles. The first kappa shape index (κ1) is 24.6. The van der Waals surface area contributed by atoms with E-state index in [1.54, 1.807) is 0 Å². The summed E-state index contributed by atoms with van der Waals surface area (Å²) >= 11 is 0. The fraction of sp³-hybridized carbons (Fsp3) is 0. The van der Waals surface area contributed by atoms with Crippen LogP contribution in [0.2, 0.25) is 0 Å². The van der Waals surface area contributed by atoms with E-state index in [4.69, 9.17) is 0 Å². The second-order valence-electron chi connectivity index (χ2n) is 0. The van der Waals surface area contributed by atoms with Gasteiger partial charge in [-0.15, -0.1) is 0 Å². The molecule has 0 amide bonds. The molecule has 0 aliphatic heterocycles. The fourth-order valence-corrected chi connectivity index (χ4v) is 0. The molecule has 0 rings (SSSR count). The van der Waals surface area contributed by atoms with Crippen molar-refractivity contribution in [3.63, 3.8) is 0 Å². The standard InChI is InChI=1S/Ga.In.K.Sn.9H. The molecule has 0 aromatic rings. The van der Waals surface area contributed by atoms with E-state index in [1.807, 2.05) is 0 Å². The second kappa shape index (κ2) is 15.8. The van der Waals surface area contributed by atoms with Crippen molar-refractivity contribution in [2.45, 2.75) is 0 Å². The van der Waals surface area contributed by atoms with Crippen molar-refractivity contribution in [1.29, 1.82) is 0 Å². The Labute approximate surface area is 117 Å². The molecule has 20 valence electrons. The molecule has 0 N–H and O–H groups in total. The molecule has 0 atom stereocenters. The van der Waals surface area contributed by atoms with Gasteiger partial charge in [-0.05, 0) is 0 Å². The van der Waals surface area contributed by atoms with Crippen LogP contribution in [0, 0.1) is 0 Å². The van der Waals surface area contributed by atoms with Gasteiger partial charge in [0.1, 0.15) is 0 Å². The van der Waals surface area contributed by atoms with Crippen molar-refractivity contribution in [3.8, 4) is 0 Å². The van der Waals surface area contributed by atoms with E-state index in [0.29, 0.717) is 0 Å². The van der Waals surface area contributed by atoms with Gasteiger partial charge in [0.05, 0.1) is 0 Å². The van der Waals surface area contributed by atoms with Gasteiger partial charge in [0.25, 0.3) is 0 Å². The van der Waals surface area contributed by atoms with Gasteiger partial charge in [-0.3, -0.25) is 0 Å². The molecule has 0 aliphatic carbocycles. The van der Waals surface area contributed by atoms with Gasteiger partial charge in [-0.2, -0.15) is 0 Å². The first-order chi connectivity index (χ1) is 0. The molecule has 0 aliphatic rings. The van der Waals surface area contributed by atoms with Crippen molar-refractivity contribution >= 4 is 121 Å². The third-order valence-corrected chi connectivity index (χ3v) is 0. The van der Waals surface area contributed by atoms with Crippen LogP contribution < -0.4 is 0 Å². The second-order valence-corrected chi connectivity index (χ2v) is 0. The Morgan fingerprint density at radius 3 is 1.00 bits per heavy atom. The number of hydrogen-bond acceptors (Lipinski definition) is 0. The molecule has 4 heavy (non-hydrogen) atoms. The van der Waals surface area contributed by atoms with Crippen molar-refractivity contribution < 1.29 is 0 Å². The predicted octanol–water partition coefficient (Wildman–Crippen LogP) is -3.93. The summed E-state index contributed by atoms with van der Waals surface area (Å²) in [6.07, 6.45) is 0. The topological polar surface area (TPSA) is 0 Å². The average Bonchev–Trinajstić information content (AvgIpc) is 0. The molecule has 0 aromatic carbocycles. The van der Waals surface area contributed by atoms with E-state index in [-0.39, 0.29) is 121 Å². The van der Waals surface area contributed by atoms with Crippen LogP contribution in [-0.2, 0) is 0 Å². The van der Waals surface area contributed by atoms with E-state index < -0.39 is 0 Å². The van der Waals surface area contributed by atoms with E-state index in [0.717, 1.165) is 0 Å². The molecule has 0 fully saturated rings. The third kappa shape index (κ3) is 9.34. The molecular weight excluding hydrogens is 342 g/mol. The molecule has 4 heteroatoms. The first-order valence-electron chi connectivity index (χ1n) is 0. The molecule has 0 spiro atoms. The van der Waals surface area contributed by atoms with Gasteiger partial charge in [-0.1, -0.05) is 0 Å². The van der Waals surface area contributed by atoms with Crippen LogP contribution in [-0.4, -0.2) is 121 Å². The van der Waals surface area contributed by atoms with Crippen molar-refractivity contribution in [2.75, 3.05) is 0 Å². The molecule has 0 saturated heterocycles. The zero-order chi connectivity index (χ0) is 0. The molecule has 0 nitrogen and oxygen atoms in total. The van der Waals surface area contributed by atoms with E-state index >= 15 is 0 Å². The summed E-state index contributed by atoms with van der Waals surface area (Å²) in [6.45, 7) is 0. The van der Waals surface area contributed by atoms with Gasteiger partial charge >= 0.3 is 121 Å². The third-order valence-electron chi connectivity index (χ3n) is 0. The van der Waals surface area contributed by atoms with E-state index in [2.05, 4.69) is 0 Å². The molecule has 0 heterocycles. The fourth-order valence-electron chi connectivity index (χ4n) is 0. The number of rotatable bonds is 0. The summed E-state index contributed by atoms with van der Waals surface area (Å²) < 4.78 is 0. The maximum atomic E-state index is 0. The summed E-state index contributed by atoms with van der Waals surface area (Å²) in [5.74, 6) is 0. The van der Waals surface area contributed by atoms with Gasteiger partial charge in [0.15, 0.2) is 0 Å². The Morgan fingerprint density at radius 2 is 1.00 bits per heavy atom. The summed E-state index contributed by atoms with van der Waals surface area (Å²) in [5.41, 5.74) is 0.